The van der Waals surface area contributed by atoms with Gasteiger partial charge in [0.2, 0.25) is 0 Å². The Morgan fingerprint density at radius 2 is 1.85 bits per heavy atom. The van der Waals surface area contributed by atoms with Crippen molar-refractivity contribution < 1.29 is 13.2 Å². The number of hydrogen-bond donors (Lipinski definition) is 1. The normalized spacial score (nSPS) is 18.9. The second-order valence-electron chi connectivity index (χ2n) is 5.10. The molecule has 1 aliphatic heterocycles. The van der Waals surface area contributed by atoms with Crippen LogP contribution in [0.15, 0.2) is 35.2 Å². The average molecular weight is 298 g/mol. The molecule has 0 amide bonds. The Morgan fingerprint density at radius 3 is 2.50 bits per heavy atom. The van der Waals surface area contributed by atoms with Crippen LogP contribution in [0.2, 0.25) is 0 Å². The summed E-state index contributed by atoms with van der Waals surface area (Å²) >= 11 is 0. The van der Waals surface area contributed by atoms with E-state index in [-0.39, 0.29) is 11.8 Å². The molecule has 1 atom stereocenters. The third-order valence-corrected chi connectivity index (χ3v) is 5.31. The quantitative estimate of drug-likeness (QED) is 0.828. The van der Waals surface area contributed by atoms with E-state index in [9.17, 15) is 8.42 Å². The standard InChI is InChI=1S/C14H22N2O3S/c15-13(6-7-16-8-10-19-11-9-16)12-20(17,18)14-4-2-1-3-5-14/h1-5,13H,6-12,15H2/t13-/m1/s1. The van der Waals surface area contributed by atoms with Crippen molar-refractivity contribution in [2.75, 3.05) is 38.6 Å². The molecule has 0 aliphatic carbocycles. The first-order valence-electron chi connectivity index (χ1n) is 6.91. The fourth-order valence-corrected chi connectivity index (χ4v) is 3.76. The smallest absolute Gasteiger partial charge is 0.179 e. The minimum absolute atomic E-state index is 0.00134. The summed E-state index contributed by atoms with van der Waals surface area (Å²) < 4.78 is 29.6. The van der Waals surface area contributed by atoms with E-state index < -0.39 is 9.84 Å². The lowest BCUT2D eigenvalue weighted by Crippen LogP contribution is -2.40. The zero-order valence-corrected chi connectivity index (χ0v) is 12.4. The topological polar surface area (TPSA) is 72.6 Å². The Kier molecular flexibility index (Phi) is 5.54. The van der Waals surface area contributed by atoms with Crippen LogP contribution in [-0.2, 0) is 14.6 Å². The molecular weight excluding hydrogens is 276 g/mol. The van der Waals surface area contributed by atoms with E-state index in [1.807, 2.05) is 0 Å². The summed E-state index contributed by atoms with van der Waals surface area (Å²) in [5.41, 5.74) is 5.98. The molecule has 0 aromatic heterocycles. The van der Waals surface area contributed by atoms with Crippen molar-refractivity contribution in [2.45, 2.75) is 17.4 Å². The maximum Gasteiger partial charge on any atom is 0.179 e. The molecule has 0 radical (unpaired) electrons. The molecule has 0 bridgehead atoms. The van der Waals surface area contributed by atoms with Gasteiger partial charge >= 0.3 is 0 Å². The van der Waals surface area contributed by atoms with Crippen molar-refractivity contribution in [1.82, 2.24) is 4.90 Å². The maximum atomic E-state index is 12.2. The minimum atomic E-state index is -3.28. The van der Waals surface area contributed by atoms with E-state index in [0.717, 1.165) is 32.8 Å². The summed E-state index contributed by atoms with van der Waals surface area (Å²) in [7, 11) is -3.28. The van der Waals surface area contributed by atoms with E-state index in [2.05, 4.69) is 4.90 Å². The van der Waals surface area contributed by atoms with Crippen LogP contribution in [0.4, 0.5) is 0 Å². The second-order valence-corrected chi connectivity index (χ2v) is 7.13. The Labute approximate surface area is 120 Å². The van der Waals surface area contributed by atoms with Gasteiger partial charge in [0.25, 0.3) is 0 Å². The molecule has 1 aliphatic rings. The van der Waals surface area contributed by atoms with Crippen LogP contribution in [-0.4, -0.2) is 58.0 Å². The van der Waals surface area contributed by atoms with Gasteiger partial charge in [0.05, 0.1) is 23.9 Å². The maximum absolute atomic E-state index is 12.2. The van der Waals surface area contributed by atoms with Crippen LogP contribution in [0, 0.1) is 0 Å². The Bertz CT molecular complexity index is 498. The zero-order valence-electron chi connectivity index (χ0n) is 11.6. The molecule has 1 fully saturated rings. The molecule has 5 nitrogen and oxygen atoms in total. The minimum Gasteiger partial charge on any atom is -0.379 e. The van der Waals surface area contributed by atoms with Gasteiger partial charge in [-0.25, -0.2) is 8.42 Å². The van der Waals surface area contributed by atoms with Crippen LogP contribution < -0.4 is 5.73 Å². The van der Waals surface area contributed by atoms with Gasteiger partial charge < -0.3 is 10.5 Å². The molecule has 2 rings (SSSR count). The van der Waals surface area contributed by atoms with Crippen molar-refractivity contribution >= 4 is 9.84 Å². The summed E-state index contributed by atoms with van der Waals surface area (Å²) in [5, 5.41) is 0. The molecular formula is C14H22N2O3S. The van der Waals surface area contributed by atoms with Crippen molar-refractivity contribution in [1.29, 1.82) is 0 Å². The largest absolute Gasteiger partial charge is 0.379 e. The third-order valence-electron chi connectivity index (χ3n) is 3.46. The number of hydrogen-bond acceptors (Lipinski definition) is 5. The fraction of sp³-hybridized carbons (Fsp3) is 0.571. The number of sulfone groups is 1. The van der Waals surface area contributed by atoms with Crippen LogP contribution in [0.1, 0.15) is 6.42 Å². The number of benzene rings is 1. The highest BCUT2D eigenvalue weighted by Gasteiger charge is 2.19. The summed E-state index contributed by atoms with van der Waals surface area (Å²) in [5.74, 6) is 0.00134. The molecule has 0 spiro atoms. The number of rotatable bonds is 6. The molecule has 0 saturated carbocycles. The Morgan fingerprint density at radius 1 is 1.20 bits per heavy atom. The summed E-state index contributed by atoms with van der Waals surface area (Å²) in [6.45, 7) is 4.13. The predicted molar refractivity (Wildman–Crippen MR) is 78.3 cm³/mol. The monoisotopic (exact) mass is 298 g/mol. The van der Waals surface area contributed by atoms with E-state index in [1.54, 1.807) is 30.3 Å². The summed E-state index contributed by atoms with van der Waals surface area (Å²) in [6.07, 6.45) is 0.687. The van der Waals surface area contributed by atoms with Crippen LogP contribution in [0.3, 0.4) is 0 Å². The van der Waals surface area contributed by atoms with Crippen LogP contribution >= 0.6 is 0 Å². The van der Waals surface area contributed by atoms with Gasteiger partial charge in [-0.05, 0) is 25.1 Å². The molecule has 20 heavy (non-hydrogen) atoms. The van der Waals surface area contributed by atoms with Gasteiger partial charge in [0.15, 0.2) is 9.84 Å². The first-order valence-corrected chi connectivity index (χ1v) is 8.56. The number of nitrogens with zero attached hydrogens (tertiary/aromatic N) is 1. The van der Waals surface area contributed by atoms with Gasteiger partial charge in [0.1, 0.15) is 0 Å². The lowest BCUT2D eigenvalue weighted by Gasteiger charge is -2.27. The van der Waals surface area contributed by atoms with E-state index >= 15 is 0 Å². The number of morpholine rings is 1. The molecule has 2 N–H and O–H groups in total. The first-order chi connectivity index (χ1) is 9.58. The fourth-order valence-electron chi connectivity index (χ4n) is 2.26. The van der Waals surface area contributed by atoms with Crippen molar-refractivity contribution in [2.24, 2.45) is 5.73 Å². The second kappa shape index (κ2) is 7.17. The van der Waals surface area contributed by atoms with Crippen molar-refractivity contribution in [3.8, 4) is 0 Å². The highest BCUT2D eigenvalue weighted by Crippen LogP contribution is 2.12. The molecule has 1 aromatic carbocycles. The number of ether oxygens (including phenoxy) is 1. The van der Waals surface area contributed by atoms with E-state index in [0.29, 0.717) is 11.3 Å². The highest BCUT2D eigenvalue weighted by molar-refractivity contribution is 7.91. The molecule has 1 saturated heterocycles. The first kappa shape index (κ1) is 15.4. The Hall–Kier alpha value is -0.950. The molecule has 112 valence electrons. The van der Waals surface area contributed by atoms with Crippen LogP contribution in [0.25, 0.3) is 0 Å². The van der Waals surface area contributed by atoms with Crippen molar-refractivity contribution in [3.05, 3.63) is 30.3 Å². The molecule has 6 heteroatoms. The SMILES string of the molecule is N[C@H](CCN1CCOCC1)CS(=O)(=O)c1ccccc1. The highest BCUT2D eigenvalue weighted by atomic mass is 32.2. The zero-order chi connectivity index (χ0) is 14.4. The average Bonchev–Trinajstić information content (AvgIpc) is 2.47. The molecule has 1 aromatic rings. The van der Waals surface area contributed by atoms with Gasteiger partial charge in [0, 0.05) is 19.1 Å². The van der Waals surface area contributed by atoms with Gasteiger partial charge in [-0.15, -0.1) is 0 Å². The van der Waals surface area contributed by atoms with E-state index in [4.69, 9.17) is 10.5 Å². The predicted octanol–water partition coefficient (Wildman–Crippen LogP) is 0.510. The van der Waals surface area contributed by atoms with E-state index in [1.165, 1.54) is 0 Å². The molecule has 1 heterocycles. The lowest BCUT2D eigenvalue weighted by molar-refractivity contribution is 0.0368. The Balaban J connectivity index is 1.83. The van der Waals surface area contributed by atoms with Crippen molar-refractivity contribution in [3.63, 3.8) is 0 Å². The third kappa shape index (κ3) is 4.56. The molecule has 0 unspecified atom stereocenters. The van der Waals surface area contributed by atoms with Crippen LogP contribution in [0.5, 0.6) is 0 Å². The number of nitrogens with two attached hydrogens (primary N) is 1. The summed E-state index contributed by atoms with van der Waals surface area (Å²) in [4.78, 5) is 2.61. The summed E-state index contributed by atoms with van der Waals surface area (Å²) in [6, 6.07) is 8.16. The van der Waals surface area contributed by atoms with Gasteiger partial charge in [-0.1, -0.05) is 18.2 Å². The van der Waals surface area contributed by atoms with Gasteiger partial charge in [-0.3, -0.25) is 4.90 Å². The van der Waals surface area contributed by atoms with Gasteiger partial charge in [-0.2, -0.15) is 0 Å². The lowest BCUT2D eigenvalue weighted by atomic mass is 10.2.